The van der Waals surface area contributed by atoms with Gasteiger partial charge in [0.2, 0.25) is 5.78 Å². The molecule has 1 aromatic carbocycles. The number of carbonyl (C=O) groups is 1. The molecule has 2 atom stereocenters. The quantitative estimate of drug-likeness (QED) is 0.476. The predicted octanol–water partition coefficient (Wildman–Crippen LogP) is 5.03. The summed E-state index contributed by atoms with van der Waals surface area (Å²) in [6.07, 6.45) is 8.66. The highest BCUT2D eigenvalue weighted by Crippen LogP contribution is 2.32. The van der Waals surface area contributed by atoms with Gasteiger partial charge in [-0.3, -0.25) is 9.30 Å². The average molecular weight is 468 g/mol. The van der Waals surface area contributed by atoms with Crippen LogP contribution in [-0.2, 0) is 11.3 Å². The highest BCUT2D eigenvalue weighted by Gasteiger charge is 2.38. The molecule has 33 heavy (non-hydrogen) atoms. The summed E-state index contributed by atoms with van der Waals surface area (Å²) in [6.45, 7) is 4.97. The molecule has 6 rings (SSSR count). The van der Waals surface area contributed by atoms with Crippen molar-refractivity contribution < 1.29 is 9.53 Å². The van der Waals surface area contributed by atoms with Crippen LogP contribution in [0.2, 0.25) is 5.02 Å². The molecule has 3 aromatic rings. The van der Waals surface area contributed by atoms with Gasteiger partial charge in [-0.2, -0.15) is 0 Å². The van der Waals surface area contributed by atoms with Crippen LogP contribution in [0.5, 0.6) is 0 Å². The number of halogens is 1. The normalized spacial score (nSPS) is 20.8. The molecule has 8 heteroatoms. The zero-order valence-corrected chi connectivity index (χ0v) is 19.7. The average Bonchev–Trinajstić information content (AvgIpc) is 2.95. The number of rotatable bonds is 6. The zero-order chi connectivity index (χ0) is 22.8. The van der Waals surface area contributed by atoms with Crippen LogP contribution in [0.1, 0.15) is 44.7 Å². The van der Waals surface area contributed by atoms with Crippen LogP contribution < -0.4 is 0 Å². The van der Waals surface area contributed by atoms with Crippen LogP contribution in [0.3, 0.4) is 0 Å². The zero-order valence-electron chi connectivity index (χ0n) is 19.0. The van der Waals surface area contributed by atoms with Gasteiger partial charge in [-0.15, -0.1) is 0 Å². The molecule has 5 heterocycles. The number of nitrogens with zero attached hydrogens (tertiary/aromatic N) is 5. The molecule has 3 saturated heterocycles. The number of carbonyl (C=O) groups excluding carboxylic acids is 1. The van der Waals surface area contributed by atoms with E-state index in [1.54, 1.807) is 6.20 Å². The number of hydrogen-bond acceptors (Lipinski definition) is 5. The minimum atomic E-state index is -0.156. The number of imidazole rings is 1. The van der Waals surface area contributed by atoms with Crippen LogP contribution >= 0.6 is 11.6 Å². The minimum Gasteiger partial charge on any atom is -0.449 e. The Morgan fingerprint density at radius 1 is 1.18 bits per heavy atom. The van der Waals surface area contributed by atoms with E-state index in [0.717, 1.165) is 68.7 Å². The maximum atomic E-state index is 12.7. The number of unbranched alkanes of at least 4 members (excludes halogenated alkanes) is 1. The summed E-state index contributed by atoms with van der Waals surface area (Å²) in [5.41, 5.74) is 3.08. The summed E-state index contributed by atoms with van der Waals surface area (Å²) in [4.78, 5) is 26.5. The Labute approximate surface area is 199 Å². The number of benzene rings is 1. The molecule has 7 nitrogen and oxygen atoms in total. The molecule has 0 radical (unpaired) electrons. The second-order valence-electron chi connectivity index (χ2n) is 8.97. The van der Waals surface area contributed by atoms with Gasteiger partial charge in [-0.1, -0.05) is 37.1 Å². The van der Waals surface area contributed by atoms with Gasteiger partial charge in [0, 0.05) is 54.7 Å². The Morgan fingerprint density at radius 3 is 2.82 bits per heavy atom. The molecule has 3 aliphatic rings. The monoisotopic (exact) mass is 467 g/mol. The molecule has 2 aromatic heterocycles. The summed E-state index contributed by atoms with van der Waals surface area (Å²) < 4.78 is 7.63. The molecule has 3 aliphatic heterocycles. The summed E-state index contributed by atoms with van der Waals surface area (Å²) in [5, 5.41) is 0.706. The fraction of sp³-hybridized carbons (Fsp3) is 0.480. The van der Waals surface area contributed by atoms with Gasteiger partial charge < -0.3 is 9.64 Å². The van der Waals surface area contributed by atoms with Crippen LogP contribution in [0, 0.1) is 0 Å². The van der Waals surface area contributed by atoms with E-state index in [1.165, 1.54) is 0 Å². The first-order valence-corrected chi connectivity index (χ1v) is 12.3. The van der Waals surface area contributed by atoms with Gasteiger partial charge in [0.1, 0.15) is 0 Å². The van der Waals surface area contributed by atoms with E-state index in [1.807, 2.05) is 41.4 Å². The van der Waals surface area contributed by atoms with Crippen molar-refractivity contribution in [2.45, 2.75) is 57.7 Å². The smallest absolute Gasteiger partial charge is 0.410 e. The van der Waals surface area contributed by atoms with E-state index in [4.69, 9.17) is 21.3 Å². The van der Waals surface area contributed by atoms with Crippen LogP contribution in [-0.4, -0.2) is 62.0 Å². The van der Waals surface area contributed by atoms with Crippen molar-refractivity contribution in [2.75, 3.05) is 19.7 Å². The molecule has 174 valence electrons. The van der Waals surface area contributed by atoms with Gasteiger partial charge >= 0.3 is 6.09 Å². The molecule has 1 amide bonds. The van der Waals surface area contributed by atoms with Crippen molar-refractivity contribution in [3.05, 3.63) is 53.4 Å². The third-order valence-electron chi connectivity index (χ3n) is 6.87. The number of amides is 1. The van der Waals surface area contributed by atoms with E-state index in [-0.39, 0.29) is 12.1 Å². The van der Waals surface area contributed by atoms with Crippen LogP contribution in [0.15, 0.2) is 42.7 Å². The van der Waals surface area contributed by atoms with Crippen molar-refractivity contribution in [3.63, 3.8) is 0 Å². The lowest BCUT2D eigenvalue weighted by molar-refractivity contribution is 0.0684. The predicted molar refractivity (Wildman–Crippen MR) is 128 cm³/mol. The van der Waals surface area contributed by atoms with Gasteiger partial charge in [-0.25, -0.2) is 14.8 Å². The van der Waals surface area contributed by atoms with Crippen molar-refractivity contribution >= 4 is 23.5 Å². The number of aromatic nitrogens is 3. The highest BCUT2D eigenvalue weighted by molar-refractivity contribution is 6.30. The van der Waals surface area contributed by atoms with Crippen LogP contribution in [0.4, 0.5) is 4.79 Å². The minimum absolute atomic E-state index is 0.156. The van der Waals surface area contributed by atoms with E-state index in [2.05, 4.69) is 21.2 Å². The van der Waals surface area contributed by atoms with Gasteiger partial charge in [-0.05, 0) is 43.9 Å². The first-order valence-electron chi connectivity index (χ1n) is 11.9. The fourth-order valence-electron chi connectivity index (χ4n) is 5.07. The SMILES string of the molecule is CCCCOC(=O)N1CCC2CCC1CN2Cc1c(-c2ccc(Cl)cc2)nc2ncccn12. The largest absolute Gasteiger partial charge is 0.449 e. The maximum Gasteiger partial charge on any atom is 0.410 e. The maximum absolute atomic E-state index is 12.7. The first kappa shape index (κ1) is 22.2. The van der Waals surface area contributed by atoms with Crippen molar-refractivity contribution in [2.24, 2.45) is 0 Å². The van der Waals surface area contributed by atoms with E-state index < -0.39 is 0 Å². The fourth-order valence-corrected chi connectivity index (χ4v) is 5.19. The number of piperidine rings is 1. The molecule has 0 aliphatic carbocycles. The summed E-state index contributed by atoms with van der Waals surface area (Å²) in [7, 11) is 0. The van der Waals surface area contributed by atoms with E-state index in [9.17, 15) is 4.79 Å². The standard InChI is InChI=1S/C25H30ClN5O2/c1-2-3-15-33-25(32)30-14-11-20-9-10-21(30)16-29(20)17-22-23(18-5-7-19(26)8-6-18)28-24-27-12-4-13-31(22)24/h4-8,12-13,20-21H,2-3,9-11,14-17H2,1H3. The molecule has 0 spiro atoms. The van der Waals surface area contributed by atoms with Crippen molar-refractivity contribution in [1.29, 1.82) is 0 Å². The van der Waals surface area contributed by atoms with E-state index >= 15 is 0 Å². The van der Waals surface area contributed by atoms with Crippen LogP contribution in [0.25, 0.3) is 17.0 Å². The third-order valence-corrected chi connectivity index (χ3v) is 7.12. The number of fused-ring (bicyclic) bond motifs is 5. The van der Waals surface area contributed by atoms with Gasteiger partial charge in [0.05, 0.1) is 18.0 Å². The summed E-state index contributed by atoms with van der Waals surface area (Å²) >= 11 is 6.12. The highest BCUT2D eigenvalue weighted by atomic mass is 35.5. The number of ether oxygens (including phenoxy) is 1. The molecule has 0 N–H and O–H groups in total. The Hall–Kier alpha value is -2.64. The lowest BCUT2D eigenvalue weighted by atomic mass is 9.98. The molecule has 3 fully saturated rings. The Bertz CT molecular complexity index is 1120. The Balaban J connectivity index is 1.41. The van der Waals surface area contributed by atoms with Crippen molar-refractivity contribution in [3.8, 4) is 11.3 Å². The second-order valence-corrected chi connectivity index (χ2v) is 9.40. The molecule has 2 unspecified atom stereocenters. The number of hydrogen-bond donors (Lipinski definition) is 0. The van der Waals surface area contributed by atoms with Crippen molar-refractivity contribution in [1.82, 2.24) is 24.2 Å². The molecule has 0 saturated carbocycles. The Kier molecular flexibility index (Phi) is 6.51. The summed E-state index contributed by atoms with van der Waals surface area (Å²) in [5.74, 6) is 0.693. The van der Waals surface area contributed by atoms with Gasteiger partial charge in [0.25, 0.3) is 0 Å². The van der Waals surface area contributed by atoms with E-state index in [0.29, 0.717) is 23.4 Å². The van der Waals surface area contributed by atoms with Gasteiger partial charge in [0.15, 0.2) is 0 Å². The second kappa shape index (κ2) is 9.69. The molecule has 2 bridgehead atoms. The lowest BCUT2D eigenvalue weighted by Crippen LogP contribution is -2.48. The third kappa shape index (κ3) is 4.57. The molecular formula is C25H30ClN5O2. The first-order chi connectivity index (χ1) is 16.1. The molecular weight excluding hydrogens is 438 g/mol. The topological polar surface area (TPSA) is 63.0 Å². The summed E-state index contributed by atoms with van der Waals surface area (Å²) in [6, 6.07) is 10.4. The lowest BCUT2D eigenvalue weighted by Gasteiger charge is -2.38. The Morgan fingerprint density at radius 2 is 2.00 bits per heavy atom.